The third-order valence-electron chi connectivity index (χ3n) is 1.22. The minimum absolute atomic E-state index is 0.281. The van der Waals surface area contributed by atoms with Gasteiger partial charge in [-0.2, -0.15) is 0 Å². The summed E-state index contributed by atoms with van der Waals surface area (Å²) in [5.74, 6) is 0. The first-order valence-electron chi connectivity index (χ1n) is 3.73. The normalized spacial score (nSPS) is 11.0. The fourth-order valence-corrected chi connectivity index (χ4v) is 1.21. The number of allylic oxidation sites excluding steroid dienone is 1. The van der Waals surface area contributed by atoms with Crippen molar-refractivity contribution in [1.29, 1.82) is 0 Å². The Labute approximate surface area is 76.7 Å². The summed E-state index contributed by atoms with van der Waals surface area (Å²) in [4.78, 5) is 0. The molecule has 0 aliphatic carbocycles. The number of aliphatic hydroxyl groups is 1. The zero-order valence-electron chi connectivity index (χ0n) is 6.22. The van der Waals surface area contributed by atoms with Crippen LogP contribution in [0.3, 0.4) is 0 Å². The molecular weight excluding hydrogens is 239 g/mol. The second-order valence-electron chi connectivity index (χ2n) is 2.17. The van der Waals surface area contributed by atoms with Gasteiger partial charge in [0.25, 0.3) is 0 Å². The Balaban J connectivity index is 2.88. The third kappa shape index (κ3) is 8.43. The number of hydrogen-bond donors (Lipinski definition) is 1. The van der Waals surface area contributed by atoms with Crippen molar-refractivity contribution in [1.82, 2.24) is 0 Å². The van der Waals surface area contributed by atoms with E-state index in [9.17, 15) is 0 Å². The van der Waals surface area contributed by atoms with E-state index in [0.29, 0.717) is 0 Å². The van der Waals surface area contributed by atoms with E-state index in [1.165, 1.54) is 23.7 Å². The summed E-state index contributed by atoms with van der Waals surface area (Å²) in [6.45, 7) is 0.281. The molecule has 0 atom stereocenters. The Bertz CT molecular complexity index is 81.3. The van der Waals surface area contributed by atoms with E-state index in [-0.39, 0.29) is 6.61 Å². The molecule has 0 fully saturated rings. The summed E-state index contributed by atoms with van der Waals surface area (Å²) < 4.78 is 1.26. The number of halogens is 1. The monoisotopic (exact) mass is 254 g/mol. The summed E-state index contributed by atoms with van der Waals surface area (Å²) in [5, 5.41) is 8.42. The van der Waals surface area contributed by atoms with E-state index in [0.717, 1.165) is 6.42 Å². The van der Waals surface area contributed by atoms with E-state index < -0.39 is 0 Å². The average molecular weight is 254 g/mol. The molecule has 0 aliphatic heterocycles. The predicted octanol–water partition coefficient (Wildman–Crippen LogP) is 2.53. The second-order valence-corrected chi connectivity index (χ2v) is 3.25. The highest BCUT2D eigenvalue weighted by Crippen LogP contribution is 1.99. The van der Waals surface area contributed by atoms with Gasteiger partial charge in [0.05, 0.1) is 0 Å². The van der Waals surface area contributed by atoms with Crippen LogP contribution in [0, 0.1) is 0 Å². The molecule has 0 aromatic carbocycles. The van der Waals surface area contributed by atoms with Crippen molar-refractivity contribution in [2.24, 2.45) is 0 Å². The first kappa shape index (κ1) is 10.4. The largest absolute Gasteiger partial charge is 0.396 e. The zero-order chi connectivity index (χ0) is 7.66. The van der Waals surface area contributed by atoms with Crippen molar-refractivity contribution in [3.8, 4) is 0 Å². The van der Waals surface area contributed by atoms with Crippen LogP contribution in [0.4, 0.5) is 0 Å². The summed E-state index contributed by atoms with van der Waals surface area (Å²) in [7, 11) is 0. The Morgan fingerprint density at radius 3 is 2.40 bits per heavy atom. The highest BCUT2D eigenvalue weighted by atomic mass is 127. The van der Waals surface area contributed by atoms with E-state index in [1.807, 2.05) is 6.08 Å². The maximum Gasteiger partial charge on any atom is 0.0465 e. The van der Waals surface area contributed by atoms with Crippen LogP contribution in [-0.2, 0) is 0 Å². The molecule has 0 saturated heterocycles. The van der Waals surface area contributed by atoms with Crippen molar-refractivity contribution in [3.63, 3.8) is 0 Å². The van der Waals surface area contributed by atoms with Crippen molar-refractivity contribution in [3.05, 3.63) is 12.2 Å². The molecule has 0 spiro atoms. The van der Waals surface area contributed by atoms with Gasteiger partial charge in [-0.05, 0) is 30.1 Å². The van der Waals surface area contributed by atoms with E-state index in [4.69, 9.17) is 5.11 Å². The van der Waals surface area contributed by atoms with Gasteiger partial charge in [-0.25, -0.2) is 0 Å². The van der Waals surface area contributed by atoms with Crippen LogP contribution in [0.5, 0.6) is 0 Å². The molecule has 0 saturated carbocycles. The molecule has 10 heavy (non-hydrogen) atoms. The molecule has 0 aliphatic rings. The van der Waals surface area contributed by atoms with Gasteiger partial charge < -0.3 is 5.11 Å². The number of unbranched alkanes of at least 4 members (excludes halogenated alkanes) is 2. The van der Waals surface area contributed by atoms with Gasteiger partial charge in [-0.1, -0.05) is 34.7 Å². The number of hydrogen-bond acceptors (Lipinski definition) is 1. The lowest BCUT2D eigenvalue weighted by molar-refractivity contribution is 0.302. The molecule has 0 aromatic heterocycles. The lowest BCUT2D eigenvalue weighted by Gasteiger charge is -1.89. The van der Waals surface area contributed by atoms with Gasteiger partial charge in [0.15, 0.2) is 0 Å². The molecule has 1 nitrogen and oxygen atoms in total. The van der Waals surface area contributed by atoms with Crippen LogP contribution in [0.2, 0.25) is 0 Å². The lowest BCUT2D eigenvalue weighted by Crippen LogP contribution is -1.76. The predicted molar refractivity (Wildman–Crippen MR) is 53.6 cm³/mol. The second kappa shape index (κ2) is 9.43. The lowest BCUT2D eigenvalue weighted by atomic mass is 10.2. The maximum atomic E-state index is 8.42. The van der Waals surface area contributed by atoms with Crippen LogP contribution >= 0.6 is 22.6 Å². The minimum Gasteiger partial charge on any atom is -0.396 e. The van der Waals surface area contributed by atoms with Crippen molar-refractivity contribution < 1.29 is 5.11 Å². The highest BCUT2D eigenvalue weighted by molar-refractivity contribution is 14.1. The molecule has 0 aromatic rings. The van der Waals surface area contributed by atoms with Gasteiger partial charge in [0, 0.05) is 6.61 Å². The smallest absolute Gasteiger partial charge is 0.0465 e. The Kier molecular flexibility index (Phi) is 9.84. The highest BCUT2D eigenvalue weighted by Gasteiger charge is 1.81. The first-order valence-corrected chi connectivity index (χ1v) is 5.26. The van der Waals surface area contributed by atoms with Crippen molar-refractivity contribution in [2.75, 3.05) is 11.0 Å². The van der Waals surface area contributed by atoms with E-state index in [1.54, 1.807) is 0 Å². The minimum atomic E-state index is 0.281. The van der Waals surface area contributed by atoms with Crippen LogP contribution in [0.25, 0.3) is 0 Å². The maximum absolute atomic E-state index is 8.42. The molecule has 2 heteroatoms. The number of rotatable bonds is 6. The Hall–Kier alpha value is 0.430. The first-order chi connectivity index (χ1) is 4.91. The van der Waals surface area contributed by atoms with Crippen LogP contribution < -0.4 is 0 Å². The Morgan fingerprint density at radius 2 is 1.80 bits per heavy atom. The SMILES string of the molecule is OCC/C=C\CCCCI. The summed E-state index contributed by atoms with van der Waals surface area (Å²) >= 11 is 2.39. The van der Waals surface area contributed by atoms with Crippen LogP contribution in [0.15, 0.2) is 12.2 Å². The van der Waals surface area contributed by atoms with Crippen LogP contribution in [-0.4, -0.2) is 16.1 Å². The third-order valence-corrected chi connectivity index (χ3v) is 1.98. The Morgan fingerprint density at radius 1 is 1.10 bits per heavy atom. The van der Waals surface area contributed by atoms with Crippen molar-refractivity contribution >= 4 is 22.6 Å². The quantitative estimate of drug-likeness (QED) is 0.334. The standard InChI is InChI=1S/C8H15IO/c9-7-5-3-1-2-4-6-8-10/h2,4,10H,1,3,5-8H2/b4-2-. The van der Waals surface area contributed by atoms with Gasteiger partial charge in [0.2, 0.25) is 0 Å². The fraction of sp³-hybridized carbons (Fsp3) is 0.750. The molecule has 60 valence electrons. The van der Waals surface area contributed by atoms with Gasteiger partial charge >= 0.3 is 0 Å². The van der Waals surface area contributed by atoms with Crippen LogP contribution in [0.1, 0.15) is 25.7 Å². The summed E-state index contributed by atoms with van der Waals surface area (Å²) in [6, 6.07) is 0. The molecule has 0 unspecified atom stereocenters. The van der Waals surface area contributed by atoms with Gasteiger partial charge in [-0.3, -0.25) is 0 Å². The average Bonchev–Trinajstić information content (AvgIpc) is 1.97. The van der Waals surface area contributed by atoms with Gasteiger partial charge in [0.1, 0.15) is 0 Å². The summed E-state index contributed by atoms with van der Waals surface area (Å²) in [5.41, 5.74) is 0. The molecule has 0 radical (unpaired) electrons. The zero-order valence-corrected chi connectivity index (χ0v) is 8.38. The topological polar surface area (TPSA) is 20.2 Å². The number of alkyl halides is 1. The molecular formula is C8H15IO. The molecule has 1 N–H and O–H groups in total. The van der Waals surface area contributed by atoms with E-state index in [2.05, 4.69) is 28.7 Å². The van der Waals surface area contributed by atoms with Crippen molar-refractivity contribution in [2.45, 2.75) is 25.7 Å². The fourth-order valence-electron chi connectivity index (χ4n) is 0.667. The molecule has 0 rings (SSSR count). The van der Waals surface area contributed by atoms with E-state index >= 15 is 0 Å². The summed E-state index contributed by atoms with van der Waals surface area (Å²) in [6.07, 6.45) is 8.78. The molecule has 0 heterocycles. The molecule has 0 bridgehead atoms. The number of aliphatic hydroxyl groups excluding tert-OH is 1. The molecule has 0 amide bonds. The van der Waals surface area contributed by atoms with Gasteiger partial charge in [-0.15, -0.1) is 0 Å².